The molecule has 0 bridgehead atoms. The molecule has 0 saturated heterocycles. The van der Waals surface area contributed by atoms with Crippen LogP contribution in [0.25, 0.3) is 0 Å². The van der Waals surface area contributed by atoms with Crippen LogP contribution in [-0.4, -0.2) is 30.4 Å². The molecule has 0 aliphatic rings. The minimum atomic E-state index is -0.633. The first kappa shape index (κ1) is 16.5. The molecule has 4 nitrogen and oxygen atoms in total. The molecule has 0 aliphatic carbocycles. The van der Waals surface area contributed by atoms with E-state index in [-0.39, 0.29) is 16.2 Å². The van der Waals surface area contributed by atoms with E-state index in [0.29, 0.717) is 0 Å². The summed E-state index contributed by atoms with van der Waals surface area (Å²) < 4.78 is 23.4. The maximum Gasteiger partial charge on any atom is 0.338 e. The van der Waals surface area contributed by atoms with Gasteiger partial charge in [-0.25, -0.2) is 9.18 Å². The lowest BCUT2D eigenvalue weighted by Crippen LogP contribution is -2.23. The Bertz CT molecular complexity index is 508. The van der Waals surface area contributed by atoms with Crippen LogP contribution in [0.4, 0.5) is 4.39 Å². The zero-order valence-electron chi connectivity index (χ0n) is 11.9. The van der Waals surface area contributed by atoms with E-state index < -0.39 is 23.4 Å². The fraction of sp³-hybridized carbons (Fsp3) is 0.429. The van der Waals surface area contributed by atoms with E-state index in [4.69, 9.17) is 4.74 Å². The molecule has 0 amide bonds. The lowest BCUT2D eigenvalue weighted by atomic mass is 10.1. The second kappa shape index (κ2) is 6.74. The van der Waals surface area contributed by atoms with E-state index in [2.05, 4.69) is 4.74 Å². The number of hydrogen-bond donors (Lipinski definition) is 0. The Morgan fingerprint density at radius 3 is 2.45 bits per heavy atom. The van der Waals surface area contributed by atoms with Gasteiger partial charge < -0.3 is 9.47 Å². The fourth-order valence-corrected chi connectivity index (χ4v) is 2.03. The molecular formula is C14H17FO4S. The van der Waals surface area contributed by atoms with Gasteiger partial charge in [0, 0.05) is 4.90 Å². The quantitative estimate of drug-likeness (QED) is 0.632. The van der Waals surface area contributed by atoms with Gasteiger partial charge in [0.05, 0.1) is 18.4 Å². The van der Waals surface area contributed by atoms with Gasteiger partial charge in [0.2, 0.25) is 0 Å². The van der Waals surface area contributed by atoms with Crippen molar-refractivity contribution in [2.75, 3.05) is 12.9 Å². The summed E-state index contributed by atoms with van der Waals surface area (Å²) >= 11 is 1.01. The number of hydrogen-bond acceptors (Lipinski definition) is 5. The fourth-order valence-electron chi connectivity index (χ4n) is 1.28. The third-order valence-corrected chi connectivity index (χ3v) is 3.16. The third kappa shape index (κ3) is 5.21. The van der Waals surface area contributed by atoms with E-state index in [1.165, 1.54) is 19.2 Å². The van der Waals surface area contributed by atoms with Gasteiger partial charge in [-0.15, -0.1) is 11.8 Å². The van der Waals surface area contributed by atoms with Gasteiger partial charge in [0.1, 0.15) is 11.4 Å². The first-order valence-electron chi connectivity index (χ1n) is 5.95. The largest absolute Gasteiger partial charge is 0.468 e. The number of carbonyl (C=O) groups is 2. The number of carbonyl (C=O) groups excluding carboxylic acids is 2. The molecule has 1 aromatic rings. The molecule has 0 unspecified atom stereocenters. The van der Waals surface area contributed by atoms with Crippen molar-refractivity contribution < 1.29 is 23.5 Å². The molecule has 0 heterocycles. The summed E-state index contributed by atoms with van der Waals surface area (Å²) in [5.74, 6) is -1.58. The van der Waals surface area contributed by atoms with Crippen molar-refractivity contribution in [2.24, 2.45) is 0 Å². The molecule has 1 aromatic carbocycles. The van der Waals surface area contributed by atoms with E-state index in [1.807, 2.05) is 0 Å². The first-order chi connectivity index (χ1) is 9.23. The Balaban J connectivity index is 2.77. The highest BCUT2D eigenvalue weighted by Crippen LogP contribution is 2.23. The Kier molecular flexibility index (Phi) is 5.56. The van der Waals surface area contributed by atoms with Gasteiger partial charge in [-0.05, 0) is 39.0 Å². The van der Waals surface area contributed by atoms with Crippen LogP contribution in [0.1, 0.15) is 31.1 Å². The lowest BCUT2D eigenvalue weighted by Gasteiger charge is -2.19. The number of halogens is 1. The minimum Gasteiger partial charge on any atom is -0.468 e. The average Bonchev–Trinajstić information content (AvgIpc) is 2.34. The number of rotatable bonds is 4. The van der Waals surface area contributed by atoms with Crippen molar-refractivity contribution >= 4 is 23.7 Å². The first-order valence-corrected chi connectivity index (χ1v) is 6.94. The predicted molar refractivity (Wildman–Crippen MR) is 74.3 cm³/mol. The summed E-state index contributed by atoms with van der Waals surface area (Å²) in [5, 5.41) is 0. The van der Waals surface area contributed by atoms with Gasteiger partial charge in [0.15, 0.2) is 0 Å². The van der Waals surface area contributed by atoms with E-state index in [1.54, 1.807) is 20.8 Å². The minimum absolute atomic E-state index is 0.0131. The topological polar surface area (TPSA) is 52.6 Å². The number of ether oxygens (including phenoxy) is 2. The van der Waals surface area contributed by atoms with Crippen LogP contribution in [0.3, 0.4) is 0 Å². The van der Waals surface area contributed by atoms with Crippen molar-refractivity contribution in [3.05, 3.63) is 29.6 Å². The van der Waals surface area contributed by atoms with E-state index >= 15 is 0 Å². The monoisotopic (exact) mass is 300 g/mol. The zero-order valence-corrected chi connectivity index (χ0v) is 12.7. The Morgan fingerprint density at radius 1 is 1.30 bits per heavy atom. The molecule has 1 rings (SSSR count). The highest BCUT2D eigenvalue weighted by atomic mass is 32.2. The molecule has 0 fully saturated rings. The molecule has 0 aromatic heterocycles. The SMILES string of the molecule is COC(=O)CSc1ccc(C(=O)OC(C)(C)C)cc1F. The Labute approximate surface area is 121 Å². The van der Waals surface area contributed by atoms with Crippen molar-refractivity contribution in [3.8, 4) is 0 Å². The highest BCUT2D eigenvalue weighted by Gasteiger charge is 2.19. The second-order valence-corrected chi connectivity index (χ2v) is 6.03. The summed E-state index contributed by atoms with van der Waals surface area (Å²) in [6, 6.07) is 4.02. The maximum atomic E-state index is 13.8. The number of esters is 2. The normalized spacial score (nSPS) is 11.1. The summed E-state index contributed by atoms with van der Waals surface area (Å²) in [7, 11) is 1.27. The summed E-state index contributed by atoms with van der Waals surface area (Å²) in [6.07, 6.45) is 0. The predicted octanol–water partition coefficient (Wildman–Crippen LogP) is 3.05. The molecule has 6 heteroatoms. The van der Waals surface area contributed by atoms with Crippen LogP contribution in [0.5, 0.6) is 0 Å². The summed E-state index contributed by atoms with van der Waals surface area (Å²) in [6.45, 7) is 5.21. The van der Waals surface area contributed by atoms with Crippen LogP contribution in [0.15, 0.2) is 23.1 Å². The molecule has 20 heavy (non-hydrogen) atoms. The summed E-state index contributed by atoms with van der Waals surface area (Å²) in [4.78, 5) is 23.0. The van der Waals surface area contributed by atoms with Crippen molar-refractivity contribution in [1.82, 2.24) is 0 Å². The van der Waals surface area contributed by atoms with Gasteiger partial charge in [-0.1, -0.05) is 0 Å². The molecule has 0 aliphatic heterocycles. The van der Waals surface area contributed by atoms with Crippen LogP contribution >= 0.6 is 11.8 Å². The molecule has 0 radical (unpaired) electrons. The molecular weight excluding hydrogens is 283 g/mol. The third-order valence-electron chi connectivity index (χ3n) is 2.14. The lowest BCUT2D eigenvalue weighted by molar-refractivity contribution is -0.137. The highest BCUT2D eigenvalue weighted by molar-refractivity contribution is 8.00. The zero-order chi connectivity index (χ0) is 15.3. The molecule has 0 atom stereocenters. The van der Waals surface area contributed by atoms with E-state index in [0.717, 1.165) is 17.8 Å². The van der Waals surface area contributed by atoms with E-state index in [9.17, 15) is 14.0 Å². The van der Waals surface area contributed by atoms with Gasteiger partial charge in [-0.2, -0.15) is 0 Å². The molecule has 110 valence electrons. The second-order valence-electron chi connectivity index (χ2n) is 5.01. The standard InChI is InChI=1S/C14H17FO4S/c1-14(2,3)19-13(17)9-5-6-11(10(15)7-9)20-8-12(16)18-4/h5-7H,8H2,1-4H3. The maximum absolute atomic E-state index is 13.8. The van der Waals surface area contributed by atoms with Crippen molar-refractivity contribution in [1.29, 1.82) is 0 Å². The number of methoxy groups -OCH3 is 1. The Hall–Kier alpha value is -1.56. The van der Waals surface area contributed by atoms with Gasteiger partial charge in [0.25, 0.3) is 0 Å². The van der Waals surface area contributed by atoms with Gasteiger partial charge in [-0.3, -0.25) is 4.79 Å². The average molecular weight is 300 g/mol. The van der Waals surface area contributed by atoms with Crippen molar-refractivity contribution in [3.63, 3.8) is 0 Å². The van der Waals surface area contributed by atoms with Crippen LogP contribution in [-0.2, 0) is 14.3 Å². The van der Waals surface area contributed by atoms with Gasteiger partial charge >= 0.3 is 11.9 Å². The number of benzene rings is 1. The van der Waals surface area contributed by atoms with Crippen LogP contribution < -0.4 is 0 Å². The van der Waals surface area contributed by atoms with Crippen LogP contribution in [0.2, 0.25) is 0 Å². The summed E-state index contributed by atoms with van der Waals surface area (Å²) in [5.41, 5.74) is -0.494. The van der Waals surface area contributed by atoms with Crippen molar-refractivity contribution in [2.45, 2.75) is 31.3 Å². The smallest absolute Gasteiger partial charge is 0.338 e. The molecule has 0 saturated carbocycles. The molecule has 0 N–H and O–H groups in total. The Morgan fingerprint density at radius 2 is 1.95 bits per heavy atom. The number of thioether (sulfide) groups is 1. The molecule has 0 spiro atoms. The van der Waals surface area contributed by atoms with Crippen LogP contribution in [0, 0.1) is 5.82 Å².